The fourth-order valence-electron chi connectivity index (χ4n) is 2.92. The van der Waals surface area contributed by atoms with E-state index in [1.165, 1.54) is 35.6 Å². The Bertz CT molecular complexity index is 1270. The van der Waals surface area contributed by atoms with Crippen molar-refractivity contribution in [3.63, 3.8) is 0 Å². The van der Waals surface area contributed by atoms with Crippen molar-refractivity contribution in [2.45, 2.75) is 12.8 Å². The number of carbonyl (C=O) groups is 1. The van der Waals surface area contributed by atoms with Crippen LogP contribution in [0.4, 0.5) is 17.6 Å². The largest absolute Gasteiger partial charge is 0.488 e. The number of nitrogens with zero attached hydrogens (tertiary/aromatic N) is 2. The van der Waals surface area contributed by atoms with E-state index in [-0.39, 0.29) is 18.1 Å². The summed E-state index contributed by atoms with van der Waals surface area (Å²) in [5, 5.41) is 0. The number of primary amides is 1. The van der Waals surface area contributed by atoms with Gasteiger partial charge in [-0.05, 0) is 35.9 Å². The second kappa shape index (κ2) is 7.95. The van der Waals surface area contributed by atoms with Crippen LogP contribution in [0.5, 0.6) is 5.75 Å². The third-order valence-electron chi connectivity index (χ3n) is 4.34. The van der Waals surface area contributed by atoms with E-state index in [4.69, 9.17) is 10.5 Å². The van der Waals surface area contributed by atoms with E-state index >= 15 is 0 Å². The third-order valence-corrected chi connectivity index (χ3v) is 5.47. The van der Waals surface area contributed by atoms with Crippen molar-refractivity contribution >= 4 is 27.5 Å². The SMILES string of the molecule is NC(=O)c1cc(-c2ccc(F)cc2)c2sc(COc3ccnc(C(F)(F)F)c3)cc2n1. The number of nitrogens with two attached hydrogens (primary N) is 1. The van der Waals surface area contributed by atoms with Gasteiger partial charge in [0.05, 0.1) is 10.2 Å². The van der Waals surface area contributed by atoms with E-state index in [9.17, 15) is 22.4 Å². The van der Waals surface area contributed by atoms with Crippen molar-refractivity contribution in [2.75, 3.05) is 0 Å². The molecule has 0 spiro atoms. The van der Waals surface area contributed by atoms with Gasteiger partial charge in [-0.1, -0.05) is 12.1 Å². The standard InChI is InChI=1S/C21H13F4N3O2S/c22-12-3-1-11(2-4-12)15-9-17(20(26)29)28-16-8-14(31-19(15)16)10-30-13-5-6-27-18(7-13)21(23,24)25/h1-9H,10H2,(H2,26,29). The number of fused-ring (bicyclic) bond motifs is 1. The molecule has 10 heteroatoms. The number of amides is 1. The molecule has 0 aliphatic carbocycles. The lowest BCUT2D eigenvalue weighted by Crippen LogP contribution is -2.13. The van der Waals surface area contributed by atoms with Crippen LogP contribution in [0.15, 0.2) is 54.7 Å². The molecule has 0 bridgehead atoms. The summed E-state index contributed by atoms with van der Waals surface area (Å²) >= 11 is 1.30. The number of halogens is 4. The number of benzene rings is 1. The summed E-state index contributed by atoms with van der Waals surface area (Å²) in [6.07, 6.45) is -3.55. The van der Waals surface area contributed by atoms with Crippen LogP contribution in [0.1, 0.15) is 21.1 Å². The van der Waals surface area contributed by atoms with Gasteiger partial charge < -0.3 is 10.5 Å². The zero-order valence-electron chi connectivity index (χ0n) is 15.6. The van der Waals surface area contributed by atoms with E-state index in [0.717, 1.165) is 12.3 Å². The Morgan fingerprint density at radius 3 is 2.52 bits per heavy atom. The Morgan fingerprint density at radius 2 is 1.84 bits per heavy atom. The highest BCUT2D eigenvalue weighted by Crippen LogP contribution is 2.36. The lowest BCUT2D eigenvalue weighted by atomic mass is 10.0. The summed E-state index contributed by atoms with van der Waals surface area (Å²) in [5.41, 5.74) is 6.16. The van der Waals surface area contributed by atoms with Crippen LogP contribution in [0.25, 0.3) is 21.3 Å². The summed E-state index contributed by atoms with van der Waals surface area (Å²) in [6.45, 7) is -0.0168. The summed E-state index contributed by atoms with van der Waals surface area (Å²) in [6, 6.07) is 11.1. The minimum absolute atomic E-state index is 0.0168. The first-order valence-electron chi connectivity index (χ1n) is 8.86. The first kappa shape index (κ1) is 20.7. The second-order valence-electron chi connectivity index (χ2n) is 6.52. The van der Waals surface area contributed by atoms with Gasteiger partial charge in [-0.2, -0.15) is 13.2 Å². The maximum atomic E-state index is 13.3. The summed E-state index contributed by atoms with van der Waals surface area (Å²) in [5.74, 6) is -1.10. The molecular formula is C21H13F4N3O2S. The van der Waals surface area contributed by atoms with Crippen molar-refractivity contribution < 1.29 is 27.1 Å². The van der Waals surface area contributed by atoms with E-state index in [1.807, 2.05) is 0 Å². The van der Waals surface area contributed by atoms with Crippen molar-refractivity contribution in [3.05, 3.63) is 76.8 Å². The minimum Gasteiger partial charge on any atom is -0.488 e. The summed E-state index contributed by atoms with van der Waals surface area (Å²) in [7, 11) is 0. The summed E-state index contributed by atoms with van der Waals surface area (Å²) in [4.78, 5) is 19.9. The number of rotatable bonds is 5. The van der Waals surface area contributed by atoms with E-state index in [0.29, 0.717) is 26.2 Å². The molecule has 0 radical (unpaired) electrons. The topological polar surface area (TPSA) is 78.1 Å². The molecular weight excluding hydrogens is 434 g/mol. The van der Waals surface area contributed by atoms with Gasteiger partial charge in [0, 0.05) is 22.7 Å². The fraction of sp³-hybridized carbons (Fsp3) is 0.0952. The van der Waals surface area contributed by atoms with Crippen molar-refractivity contribution in [1.82, 2.24) is 9.97 Å². The van der Waals surface area contributed by atoms with Crippen molar-refractivity contribution in [2.24, 2.45) is 5.73 Å². The number of carbonyl (C=O) groups excluding carboxylic acids is 1. The molecule has 0 atom stereocenters. The highest BCUT2D eigenvalue weighted by atomic mass is 32.1. The molecule has 2 N–H and O–H groups in total. The first-order valence-corrected chi connectivity index (χ1v) is 9.67. The molecule has 0 saturated carbocycles. The fourth-order valence-corrected chi connectivity index (χ4v) is 3.97. The molecule has 158 valence electrons. The van der Waals surface area contributed by atoms with Crippen molar-refractivity contribution in [1.29, 1.82) is 0 Å². The number of aromatic nitrogens is 2. The van der Waals surface area contributed by atoms with Crippen LogP contribution in [-0.2, 0) is 12.8 Å². The molecule has 4 aromatic rings. The predicted octanol–water partition coefficient (Wildman–Crippen LogP) is 5.19. The normalized spacial score (nSPS) is 11.6. The average molecular weight is 447 g/mol. The van der Waals surface area contributed by atoms with E-state index in [1.54, 1.807) is 18.2 Å². The Kier molecular flexibility index (Phi) is 5.32. The Morgan fingerprint density at radius 1 is 1.10 bits per heavy atom. The van der Waals surface area contributed by atoms with Crippen LogP contribution in [-0.4, -0.2) is 15.9 Å². The quantitative estimate of drug-likeness (QED) is 0.427. The van der Waals surface area contributed by atoms with Crippen molar-refractivity contribution in [3.8, 4) is 16.9 Å². The molecule has 0 unspecified atom stereocenters. The summed E-state index contributed by atoms with van der Waals surface area (Å²) < 4.78 is 58.0. The van der Waals surface area contributed by atoms with Gasteiger partial charge in [0.1, 0.15) is 29.6 Å². The predicted molar refractivity (Wildman–Crippen MR) is 107 cm³/mol. The van der Waals surface area contributed by atoms with E-state index < -0.39 is 23.6 Å². The zero-order chi connectivity index (χ0) is 22.2. The molecule has 31 heavy (non-hydrogen) atoms. The molecule has 0 saturated heterocycles. The average Bonchev–Trinajstić information content (AvgIpc) is 3.15. The van der Waals surface area contributed by atoms with Gasteiger partial charge in [0.15, 0.2) is 0 Å². The maximum Gasteiger partial charge on any atom is 0.433 e. The lowest BCUT2D eigenvalue weighted by Gasteiger charge is -2.08. The monoisotopic (exact) mass is 447 g/mol. The molecule has 1 amide bonds. The number of pyridine rings is 2. The zero-order valence-corrected chi connectivity index (χ0v) is 16.4. The lowest BCUT2D eigenvalue weighted by molar-refractivity contribution is -0.141. The number of hydrogen-bond donors (Lipinski definition) is 1. The number of thiophene rings is 1. The molecule has 3 aromatic heterocycles. The van der Waals surface area contributed by atoms with Gasteiger partial charge in [-0.25, -0.2) is 9.37 Å². The number of alkyl halides is 3. The smallest absolute Gasteiger partial charge is 0.433 e. The maximum absolute atomic E-state index is 13.3. The van der Waals surface area contributed by atoms with Gasteiger partial charge in [-0.15, -0.1) is 11.3 Å². The van der Waals surface area contributed by atoms with Gasteiger partial charge >= 0.3 is 6.18 Å². The first-order chi connectivity index (χ1) is 14.7. The van der Waals surface area contributed by atoms with Crippen LogP contribution in [0.3, 0.4) is 0 Å². The van der Waals surface area contributed by atoms with Crippen LogP contribution in [0, 0.1) is 5.82 Å². The van der Waals surface area contributed by atoms with E-state index in [2.05, 4.69) is 9.97 Å². The molecule has 3 heterocycles. The highest BCUT2D eigenvalue weighted by molar-refractivity contribution is 7.19. The molecule has 0 aliphatic heterocycles. The molecule has 5 nitrogen and oxygen atoms in total. The molecule has 4 rings (SSSR count). The van der Waals surface area contributed by atoms with Gasteiger partial charge in [-0.3, -0.25) is 9.78 Å². The Balaban J connectivity index is 1.68. The Labute approximate surface area is 177 Å². The minimum atomic E-state index is -4.57. The van der Waals surface area contributed by atoms with Gasteiger partial charge in [0.2, 0.25) is 0 Å². The van der Waals surface area contributed by atoms with Crippen LogP contribution < -0.4 is 10.5 Å². The Hall–Kier alpha value is -3.53. The third kappa shape index (κ3) is 4.48. The molecule has 0 fully saturated rings. The van der Waals surface area contributed by atoms with Crippen LogP contribution >= 0.6 is 11.3 Å². The second-order valence-corrected chi connectivity index (χ2v) is 7.65. The molecule has 1 aromatic carbocycles. The molecule has 0 aliphatic rings. The number of ether oxygens (including phenoxy) is 1. The van der Waals surface area contributed by atoms with Gasteiger partial charge in [0.25, 0.3) is 5.91 Å². The van der Waals surface area contributed by atoms with Crippen LogP contribution in [0.2, 0.25) is 0 Å². The number of hydrogen-bond acceptors (Lipinski definition) is 5. The highest BCUT2D eigenvalue weighted by Gasteiger charge is 2.32.